The first-order valence-corrected chi connectivity index (χ1v) is 21.2. The lowest BCUT2D eigenvalue weighted by Crippen LogP contribution is -2.34. The maximum atomic E-state index is 2.61. The van der Waals surface area contributed by atoms with E-state index in [0.717, 1.165) is 12.8 Å². The summed E-state index contributed by atoms with van der Waals surface area (Å²) in [5, 5.41) is 0. The van der Waals surface area contributed by atoms with Gasteiger partial charge < -0.3 is 4.90 Å². The summed E-state index contributed by atoms with van der Waals surface area (Å²) in [6.07, 6.45) is 7.17. The monoisotopic (exact) mass is 739 g/mol. The summed E-state index contributed by atoms with van der Waals surface area (Å²) in [7, 11) is 0. The average molecular weight is 740 g/mol. The van der Waals surface area contributed by atoms with Crippen LogP contribution in [0.5, 0.6) is 0 Å². The van der Waals surface area contributed by atoms with Crippen molar-refractivity contribution >= 4 is 17.1 Å². The van der Waals surface area contributed by atoms with Crippen LogP contribution in [0, 0.1) is 6.92 Å². The van der Waals surface area contributed by atoms with Gasteiger partial charge >= 0.3 is 0 Å². The zero-order chi connectivity index (χ0) is 38.9. The van der Waals surface area contributed by atoms with Gasteiger partial charge in [-0.15, -0.1) is 0 Å². The van der Waals surface area contributed by atoms with E-state index in [-0.39, 0.29) is 10.8 Å². The summed E-state index contributed by atoms with van der Waals surface area (Å²) in [5.41, 5.74) is 21.2. The number of anilines is 3. The third-order valence-corrected chi connectivity index (χ3v) is 13.9. The van der Waals surface area contributed by atoms with Gasteiger partial charge in [0, 0.05) is 16.9 Å². The van der Waals surface area contributed by atoms with Crippen LogP contribution in [0.4, 0.5) is 17.1 Å². The lowest BCUT2D eigenvalue weighted by Gasteiger charge is -2.44. The molecule has 0 aliphatic heterocycles. The minimum absolute atomic E-state index is 0.0155. The molecule has 1 nitrogen and oxygen atoms in total. The number of nitrogens with zero attached hydrogens (tertiary/aromatic N) is 1. The highest BCUT2D eigenvalue weighted by Gasteiger charge is 2.47. The zero-order valence-corrected chi connectivity index (χ0v) is 34.2. The molecule has 0 fully saturated rings. The van der Waals surface area contributed by atoms with Crippen LogP contribution in [0.15, 0.2) is 158 Å². The molecule has 3 aliphatic rings. The van der Waals surface area contributed by atoms with E-state index < -0.39 is 5.41 Å². The maximum Gasteiger partial charge on any atom is 0.0714 e. The number of para-hydroxylation sites is 1. The molecule has 0 saturated carbocycles. The Morgan fingerprint density at radius 2 is 1.07 bits per heavy atom. The molecule has 0 atom stereocenters. The summed E-state index contributed by atoms with van der Waals surface area (Å²) in [5.74, 6) is 0. The van der Waals surface area contributed by atoms with Crippen LogP contribution in [0.1, 0.15) is 103 Å². The van der Waals surface area contributed by atoms with Gasteiger partial charge in [-0.2, -0.15) is 0 Å². The highest BCUT2D eigenvalue weighted by molar-refractivity contribution is 5.98. The van der Waals surface area contributed by atoms with Crippen LogP contribution < -0.4 is 4.90 Å². The van der Waals surface area contributed by atoms with E-state index in [1.54, 1.807) is 0 Å². The summed E-state index contributed by atoms with van der Waals surface area (Å²) in [4.78, 5) is 2.59. The molecular weight excluding hydrogens is 687 g/mol. The molecule has 0 bridgehead atoms. The van der Waals surface area contributed by atoms with Gasteiger partial charge in [-0.25, -0.2) is 0 Å². The summed E-state index contributed by atoms with van der Waals surface area (Å²) >= 11 is 0. The second-order valence-electron chi connectivity index (χ2n) is 18.2. The molecule has 282 valence electrons. The molecule has 57 heavy (non-hydrogen) atoms. The van der Waals surface area contributed by atoms with Crippen molar-refractivity contribution in [2.75, 3.05) is 4.90 Å². The first kappa shape index (κ1) is 35.7. The first-order chi connectivity index (χ1) is 27.7. The van der Waals surface area contributed by atoms with Crippen LogP contribution in [0.2, 0.25) is 0 Å². The largest absolute Gasteiger partial charge is 0.310 e. The van der Waals surface area contributed by atoms with Gasteiger partial charge in [-0.05, 0) is 159 Å². The second-order valence-corrected chi connectivity index (χ2v) is 18.2. The molecule has 7 aromatic rings. The number of benzene rings is 7. The molecule has 3 aliphatic carbocycles. The van der Waals surface area contributed by atoms with Crippen molar-refractivity contribution in [1.29, 1.82) is 0 Å². The predicted molar refractivity (Wildman–Crippen MR) is 241 cm³/mol. The Morgan fingerprint density at radius 3 is 1.77 bits per heavy atom. The molecule has 0 amide bonds. The van der Waals surface area contributed by atoms with Crippen LogP contribution in [0.25, 0.3) is 22.3 Å². The topological polar surface area (TPSA) is 3.24 Å². The Morgan fingerprint density at radius 1 is 0.456 bits per heavy atom. The van der Waals surface area contributed by atoms with E-state index in [1.807, 2.05) is 0 Å². The van der Waals surface area contributed by atoms with Crippen molar-refractivity contribution in [1.82, 2.24) is 0 Å². The third-order valence-electron chi connectivity index (χ3n) is 13.9. The van der Waals surface area contributed by atoms with Crippen LogP contribution in [-0.4, -0.2) is 0 Å². The van der Waals surface area contributed by atoms with Gasteiger partial charge in [-0.1, -0.05) is 149 Å². The van der Waals surface area contributed by atoms with Crippen molar-refractivity contribution in [3.8, 4) is 22.3 Å². The van der Waals surface area contributed by atoms with Crippen molar-refractivity contribution in [3.63, 3.8) is 0 Å². The Balaban J connectivity index is 1.38. The Hall–Kier alpha value is -5.66. The SMILES string of the molecule is Cc1ccc2c(c1-c1cc3c(cc1N(c1ccccc1)c1ccc4c(c1)CCCC4)C(c1ccccc1)(c1ccccc1)c1ccccc1-3)C(C)(C)CCC2(C)C. The van der Waals surface area contributed by atoms with Crippen LogP contribution in [0.3, 0.4) is 0 Å². The van der Waals surface area contributed by atoms with E-state index in [0.29, 0.717) is 0 Å². The van der Waals surface area contributed by atoms with Gasteiger partial charge in [0.1, 0.15) is 0 Å². The molecule has 0 unspecified atom stereocenters. The minimum Gasteiger partial charge on any atom is -0.310 e. The number of fused-ring (bicyclic) bond motifs is 5. The molecule has 7 aromatic carbocycles. The standard InChI is InChI=1S/C56H53N/c1-38-29-32-49-53(55(4,5)34-33-54(49,2)3)52(38)47-36-46-45-27-17-18-28-48(45)56(41-21-9-6-10-22-41,42-23-11-7-12-24-42)50(46)37-51(47)57(43-25-13-8-14-26-43)44-31-30-39-19-15-16-20-40(39)35-44/h6-14,17-18,21-32,35-37H,15-16,19-20,33-34H2,1-5H3. The molecular formula is C56H53N. The Kier molecular flexibility index (Phi) is 8.45. The molecule has 10 rings (SSSR count). The van der Waals surface area contributed by atoms with Crippen molar-refractivity contribution in [2.45, 2.75) is 89.4 Å². The van der Waals surface area contributed by atoms with E-state index in [4.69, 9.17) is 0 Å². The summed E-state index contributed by atoms with van der Waals surface area (Å²) < 4.78 is 0. The van der Waals surface area contributed by atoms with E-state index in [9.17, 15) is 0 Å². The Bertz CT molecular complexity index is 2590. The smallest absolute Gasteiger partial charge is 0.0714 e. The van der Waals surface area contributed by atoms with E-state index >= 15 is 0 Å². The minimum atomic E-state index is -0.508. The number of hydrogen-bond acceptors (Lipinski definition) is 1. The van der Waals surface area contributed by atoms with E-state index in [2.05, 4.69) is 197 Å². The molecule has 0 N–H and O–H groups in total. The Labute approximate surface area is 340 Å². The molecule has 0 spiro atoms. The van der Waals surface area contributed by atoms with Crippen molar-refractivity contribution in [2.24, 2.45) is 0 Å². The normalized spacial score (nSPS) is 16.9. The highest BCUT2D eigenvalue weighted by Crippen LogP contribution is 2.60. The van der Waals surface area contributed by atoms with Gasteiger partial charge in [0.2, 0.25) is 0 Å². The van der Waals surface area contributed by atoms with Crippen molar-refractivity contribution in [3.05, 3.63) is 208 Å². The number of rotatable bonds is 6. The van der Waals surface area contributed by atoms with Gasteiger partial charge in [-0.3, -0.25) is 0 Å². The molecule has 0 radical (unpaired) electrons. The lowest BCUT2D eigenvalue weighted by molar-refractivity contribution is 0.332. The second kappa shape index (κ2) is 13.5. The molecule has 1 heteroatoms. The van der Waals surface area contributed by atoms with Crippen molar-refractivity contribution < 1.29 is 0 Å². The molecule has 0 heterocycles. The van der Waals surface area contributed by atoms with E-state index in [1.165, 1.54) is 115 Å². The first-order valence-electron chi connectivity index (χ1n) is 21.2. The zero-order valence-electron chi connectivity index (χ0n) is 34.2. The van der Waals surface area contributed by atoms with Gasteiger partial charge in [0.25, 0.3) is 0 Å². The fourth-order valence-electron chi connectivity index (χ4n) is 10.9. The maximum absolute atomic E-state index is 2.61. The lowest BCUT2D eigenvalue weighted by atomic mass is 9.61. The average Bonchev–Trinajstić information content (AvgIpc) is 3.53. The molecule has 0 aromatic heterocycles. The van der Waals surface area contributed by atoms with Gasteiger partial charge in [0.05, 0.1) is 11.1 Å². The summed E-state index contributed by atoms with van der Waals surface area (Å²) in [6, 6.07) is 60.2. The van der Waals surface area contributed by atoms with Crippen LogP contribution >= 0.6 is 0 Å². The fourth-order valence-corrected chi connectivity index (χ4v) is 10.9. The van der Waals surface area contributed by atoms with Gasteiger partial charge in [0.15, 0.2) is 0 Å². The number of hydrogen-bond donors (Lipinski definition) is 0. The quantitative estimate of drug-likeness (QED) is 0.164. The number of aryl methyl sites for hydroxylation is 3. The predicted octanol–water partition coefficient (Wildman–Crippen LogP) is 14.7. The summed E-state index contributed by atoms with van der Waals surface area (Å²) in [6.45, 7) is 12.2. The third kappa shape index (κ3) is 5.57. The highest BCUT2D eigenvalue weighted by atomic mass is 15.1. The van der Waals surface area contributed by atoms with Crippen LogP contribution in [-0.2, 0) is 29.1 Å². The molecule has 0 saturated heterocycles. The fraction of sp³-hybridized carbons (Fsp3) is 0.250.